The van der Waals surface area contributed by atoms with Crippen LogP contribution in [0.4, 0.5) is 0 Å². The van der Waals surface area contributed by atoms with Crippen LogP contribution < -0.4 is 4.74 Å². The Morgan fingerprint density at radius 3 is 2.68 bits per heavy atom. The first-order valence-electron chi connectivity index (χ1n) is 7.04. The van der Waals surface area contributed by atoms with E-state index in [2.05, 4.69) is 24.8 Å². The highest BCUT2D eigenvalue weighted by Crippen LogP contribution is 2.32. The van der Waals surface area contributed by atoms with E-state index in [4.69, 9.17) is 4.74 Å². The Morgan fingerprint density at radius 1 is 1.42 bits per heavy atom. The van der Waals surface area contributed by atoms with Crippen molar-refractivity contribution in [2.75, 3.05) is 13.7 Å². The lowest BCUT2D eigenvalue weighted by atomic mass is 10.0. The second-order valence-corrected chi connectivity index (χ2v) is 6.08. The van der Waals surface area contributed by atoms with E-state index in [0.717, 1.165) is 30.0 Å². The number of benzene rings is 1. The highest BCUT2D eigenvalue weighted by molar-refractivity contribution is 5.38. The van der Waals surface area contributed by atoms with E-state index in [1.165, 1.54) is 12.8 Å². The van der Waals surface area contributed by atoms with Crippen LogP contribution in [0, 0.1) is 0 Å². The zero-order chi connectivity index (χ0) is 14.0. The average Bonchev–Trinajstić information content (AvgIpc) is 2.68. The van der Waals surface area contributed by atoms with Crippen molar-refractivity contribution in [1.29, 1.82) is 0 Å². The maximum atomic E-state index is 9.72. The van der Waals surface area contributed by atoms with E-state index in [1.54, 1.807) is 14.0 Å². The Kier molecular flexibility index (Phi) is 4.16. The SMILES string of the molecule is COc1ccc(C(C)O)cc1CN1CCCC1(C)C. The predicted molar refractivity (Wildman–Crippen MR) is 77.4 cm³/mol. The van der Waals surface area contributed by atoms with Crippen molar-refractivity contribution in [2.45, 2.75) is 51.8 Å². The first-order valence-corrected chi connectivity index (χ1v) is 7.04. The number of aliphatic hydroxyl groups excluding tert-OH is 1. The molecule has 1 saturated heterocycles. The van der Waals surface area contributed by atoms with Gasteiger partial charge in [-0.1, -0.05) is 6.07 Å². The van der Waals surface area contributed by atoms with Crippen LogP contribution in [-0.4, -0.2) is 29.2 Å². The molecule has 106 valence electrons. The van der Waals surface area contributed by atoms with Crippen molar-refractivity contribution in [2.24, 2.45) is 0 Å². The number of hydrogen-bond acceptors (Lipinski definition) is 3. The molecule has 1 aliphatic rings. The zero-order valence-corrected chi connectivity index (χ0v) is 12.4. The number of likely N-dealkylation sites (tertiary alicyclic amines) is 1. The van der Waals surface area contributed by atoms with Crippen LogP contribution in [0.25, 0.3) is 0 Å². The first-order chi connectivity index (χ1) is 8.94. The summed E-state index contributed by atoms with van der Waals surface area (Å²) in [5.41, 5.74) is 2.37. The third kappa shape index (κ3) is 3.10. The topological polar surface area (TPSA) is 32.7 Å². The van der Waals surface area contributed by atoms with Crippen molar-refractivity contribution in [3.8, 4) is 5.75 Å². The van der Waals surface area contributed by atoms with Crippen LogP contribution in [0.2, 0.25) is 0 Å². The standard InChI is InChI=1S/C16H25NO2/c1-12(18)13-6-7-15(19-4)14(10-13)11-17-9-5-8-16(17,2)3/h6-7,10,12,18H,5,8-9,11H2,1-4H3. The molecule has 1 atom stereocenters. The largest absolute Gasteiger partial charge is 0.496 e. The van der Waals surface area contributed by atoms with Gasteiger partial charge in [-0.05, 0) is 57.9 Å². The van der Waals surface area contributed by atoms with Crippen LogP contribution in [0.5, 0.6) is 5.75 Å². The minimum atomic E-state index is -0.434. The van der Waals surface area contributed by atoms with Gasteiger partial charge in [-0.2, -0.15) is 0 Å². The molecule has 3 nitrogen and oxygen atoms in total. The molecule has 1 aromatic carbocycles. The van der Waals surface area contributed by atoms with E-state index >= 15 is 0 Å². The van der Waals surface area contributed by atoms with Crippen molar-refractivity contribution < 1.29 is 9.84 Å². The zero-order valence-electron chi connectivity index (χ0n) is 12.4. The maximum absolute atomic E-state index is 9.72. The molecule has 0 radical (unpaired) electrons. The molecule has 2 rings (SSSR count). The Balaban J connectivity index is 2.25. The monoisotopic (exact) mass is 263 g/mol. The average molecular weight is 263 g/mol. The van der Waals surface area contributed by atoms with Gasteiger partial charge < -0.3 is 9.84 Å². The third-order valence-corrected chi connectivity index (χ3v) is 4.22. The fraction of sp³-hybridized carbons (Fsp3) is 0.625. The molecule has 0 amide bonds. The highest BCUT2D eigenvalue weighted by Gasteiger charge is 2.32. The van der Waals surface area contributed by atoms with Gasteiger partial charge in [-0.15, -0.1) is 0 Å². The molecule has 19 heavy (non-hydrogen) atoms. The number of rotatable bonds is 4. The number of methoxy groups -OCH3 is 1. The lowest BCUT2D eigenvalue weighted by molar-refractivity contribution is 0.164. The Hall–Kier alpha value is -1.06. The molecule has 0 aromatic heterocycles. The predicted octanol–water partition coefficient (Wildman–Crippen LogP) is 3.12. The molecule has 1 unspecified atom stereocenters. The van der Waals surface area contributed by atoms with E-state index in [1.807, 2.05) is 12.1 Å². The van der Waals surface area contributed by atoms with E-state index < -0.39 is 6.10 Å². The molecular weight excluding hydrogens is 238 g/mol. The number of nitrogens with zero attached hydrogens (tertiary/aromatic N) is 1. The lowest BCUT2D eigenvalue weighted by Gasteiger charge is -2.32. The molecule has 1 fully saturated rings. The first kappa shape index (κ1) is 14.4. The van der Waals surface area contributed by atoms with E-state index in [-0.39, 0.29) is 5.54 Å². The van der Waals surface area contributed by atoms with Crippen LogP contribution in [0.3, 0.4) is 0 Å². The van der Waals surface area contributed by atoms with Crippen molar-refractivity contribution in [1.82, 2.24) is 4.90 Å². The van der Waals surface area contributed by atoms with Crippen LogP contribution in [-0.2, 0) is 6.54 Å². The van der Waals surface area contributed by atoms with Gasteiger partial charge in [0.1, 0.15) is 5.75 Å². The summed E-state index contributed by atoms with van der Waals surface area (Å²) >= 11 is 0. The van der Waals surface area contributed by atoms with Gasteiger partial charge in [0, 0.05) is 17.6 Å². The minimum absolute atomic E-state index is 0.256. The normalized spacial score (nSPS) is 20.5. The number of aliphatic hydroxyl groups is 1. The van der Waals surface area contributed by atoms with Crippen LogP contribution >= 0.6 is 0 Å². The summed E-state index contributed by atoms with van der Waals surface area (Å²) in [5.74, 6) is 0.909. The van der Waals surface area contributed by atoms with Crippen LogP contribution in [0.1, 0.15) is 50.8 Å². The van der Waals surface area contributed by atoms with Gasteiger partial charge in [-0.3, -0.25) is 4.90 Å². The second kappa shape index (κ2) is 5.51. The number of hydrogen-bond donors (Lipinski definition) is 1. The van der Waals surface area contributed by atoms with Crippen molar-refractivity contribution in [3.05, 3.63) is 29.3 Å². The Labute approximate surface area is 116 Å². The summed E-state index contributed by atoms with van der Waals surface area (Å²) in [5, 5.41) is 9.72. The molecule has 1 N–H and O–H groups in total. The molecule has 1 heterocycles. The maximum Gasteiger partial charge on any atom is 0.123 e. The van der Waals surface area contributed by atoms with Crippen molar-refractivity contribution >= 4 is 0 Å². The van der Waals surface area contributed by atoms with E-state index in [0.29, 0.717) is 0 Å². The Morgan fingerprint density at radius 2 is 2.16 bits per heavy atom. The molecule has 1 aliphatic heterocycles. The smallest absolute Gasteiger partial charge is 0.123 e. The summed E-state index contributed by atoms with van der Waals surface area (Å²) < 4.78 is 5.45. The summed E-state index contributed by atoms with van der Waals surface area (Å²) in [7, 11) is 1.70. The van der Waals surface area contributed by atoms with Gasteiger partial charge in [-0.25, -0.2) is 0 Å². The van der Waals surface area contributed by atoms with Gasteiger partial charge >= 0.3 is 0 Å². The molecule has 0 aliphatic carbocycles. The fourth-order valence-electron chi connectivity index (χ4n) is 2.84. The van der Waals surface area contributed by atoms with Crippen LogP contribution in [0.15, 0.2) is 18.2 Å². The molecule has 3 heteroatoms. The molecular formula is C16H25NO2. The molecule has 0 bridgehead atoms. The van der Waals surface area contributed by atoms with E-state index in [9.17, 15) is 5.11 Å². The molecule has 0 spiro atoms. The van der Waals surface area contributed by atoms with Gasteiger partial charge in [0.05, 0.1) is 13.2 Å². The summed E-state index contributed by atoms with van der Waals surface area (Å²) in [6, 6.07) is 5.96. The van der Waals surface area contributed by atoms with Crippen molar-refractivity contribution in [3.63, 3.8) is 0 Å². The minimum Gasteiger partial charge on any atom is -0.496 e. The highest BCUT2D eigenvalue weighted by atomic mass is 16.5. The summed E-state index contributed by atoms with van der Waals surface area (Å²) in [6.45, 7) is 8.41. The number of ether oxygens (including phenoxy) is 1. The fourth-order valence-corrected chi connectivity index (χ4v) is 2.84. The molecule has 1 aromatic rings. The quantitative estimate of drug-likeness (QED) is 0.906. The third-order valence-electron chi connectivity index (χ3n) is 4.22. The molecule has 0 saturated carbocycles. The van der Waals surface area contributed by atoms with Gasteiger partial charge in [0.25, 0.3) is 0 Å². The van der Waals surface area contributed by atoms with Gasteiger partial charge in [0.15, 0.2) is 0 Å². The lowest BCUT2D eigenvalue weighted by Crippen LogP contribution is -2.37. The van der Waals surface area contributed by atoms with Gasteiger partial charge in [0.2, 0.25) is 0 Å². The Bertz CT molecular complexity index is 440. The second-order valence-electron chi connectivity index (χ2n) is 6.08. The summed E-state index contributed by atoms with van der Waals surface area (Å²) in [6.07, 6.45) is 2.06. The summed E-state index contributed by atoms with van der Waals surface area (Å²) in [4.78, 5) is 2.50.